The summed E-state index contributed by atoms with van der Waals surface area (Å²) in [4.78, 5) is 4.55. The van der Waals surface area contributed by atoms with Crippen LogP contribution in [0.2, 0.25) is 0 Å². The van der Waals surface area contributed by atoms with E-state index in [0.29, 0.717) is 6.61 Å². The number of nitrogens with two attached hydrogens (primary N) is 1. The first kappa shape index (κ1) is 10.5. The lowest BCUT2D eigenvalue weighted by atomic mass is 10.1. The highest BCUT2D eigenvalue weighted by Gasteiger charge is 2.05. The molecule has 4 heteroatoms. The lowest BCUT2D eigenvalue weighted by molar-refractivity contribution is 0.124. The van der Waals surface area contributed by atoms with Crippen LogP contribution in [-0.2, 0) is 11.4 Å². The topological polar surface area (TPSA) is 44.5 Å². The van der Waals surface area contributed by atoms with Crippen molar-refractivity contribution in [3.63, 3.8) is 0 Å². The average molecular weight is 246 g/mol. The van der Waals surface area contributed by atoms with Crippen LogP contribution in [0.4, 0.5) is 0 Å². The molecule has 0 amide bonds. The van der Waals surface area contributed by atoms with Crippen LogP contribution in [0.1, 0.15) is 11.1 Å². The van der Waals surface area contributed by atoms with Gasteiger partial charge in [0.15, 0.2) is 0 Å². The molecular formula is C9H12BrNO2. The molecule has 0 aromatic heterocycles. The summed E-state index contributed by atoms with van der Waals surface area (Å²) in [5.41, 5.74) is 2.08. The summed E-state index contributed by atoms with van der Waals surface area (Å²) in [5, 5.41) is 0. The van der Waals surface area contributed by atoms with Crippen molar-refractivity contribution in [1.82, 2.24) is 0 Å². The molecule has 1 aromatic rings. The van der Waals surface area contributed by atoms with Crippen molar-refractivity contribution in [3.05, 3.63) is 27.7 Å². The predicted octanol–water partition coefficient (Wildman–Crippen LogP) is 2.16. The molecule has 0 atom stereocenters. The third-order valence-electron chi connectivity index (χ3n) is 1.74. The number of ether oxygens (including phenoxy) is 1. The summed E-state index contributed by atoms with van der Waals surface area (Å²) in [6.45, 7) is 2.38. The molecule has 0 saturated heterocycles. The maximum Gasteiger partial charge on any atom is 0.135 e. The summed E-state index contributed by atoms with van der Waals surface area (Å²) in [6.07, 6.45) is 0. The Bertz CT molecular complexity index is 279. The van der Waals surface area contributed by atoms with Gasteiger partial charge in [0.1, 0.15) is 5.75 Å². The molecule has 1 rings (SSSR count). The van der Waals surface area contributed by atoms with E-state index in [2.05, 4.69) is 20.8 Å². The minimum absolute atomic E-state index is 0.406. The molecule has 0 fully saturated rings. The molecule has 0 aliphatic rings. The fourth-order valence-corrected chi connectivity index (χ4v) is 2.01. The molecule has 0 aliphatic heterocycles. The van der Waals surface area contributed by atoms with Gasteiger partial charge in [0.25, 0.3) is 0 Å². The van der Waals surface area contributed by atoms with Crippen molar-refractivity contribution in [2.75, 3.05) is 7.11 Å². The first-order chi connectivity index (χ1) is 6.19. The van der Waals surface area contributed by atoms with Crippen LogP contribution >= 0.6 is 15.9 Å². The van der Waals surface area contributed by atoms with Gasteiger partial charge >= 0.3 is 0 Å². The highest BCUT2D eigenvalue weighted by Crippen LogP contribution is 2.29. The molecular weight excluding hydrogens is 234 g/mol. The van der Waals surface area contributed by atoms with E-state index in [1.807, 2.05) is 19.1 Å². The molecule has 72 valence electrons. The summed E-state index contributed by atoms with van der Waals surface area (Å²) < 4.78 is 6.11. The van der Waals surface area contributed by atoms with Crippen molar-refractivity contribution in [3.8, 4) is 5.75 Å². The molecule has 13 heavy (non-hydrogen) atoms. The number of hydrogen-bond acceptors (Lipinski definition) is 3. The number of halogens is 1. The van der Waals surface area contributed by atoms with E-state index in [1.54, 1.807) is 7.11 Å². The first-order valence-corrected chi connectivity index (χ1v) is 4.63. The summed E-state index contributed by atoms with van der Waals surface area (Å²) in [6, 6.07) is 3.91. The molecule has 0 saturated carbocycles. The van der Waals surface area contributed by atoms with Gasteiger partial charge < -0.3 is 4.74 Å². The number of benzene rings is 1. The van der Waals surface area contributed by atoms with Crippen LogP contribution in [0.25, 0.3) is 0 Å². The second kappa shape index (κ2) is 4.60. The molecule has 1 aromatic carbocycles. The van der Waals surface area contributed by atoms with E-state index in [4.69, 9.17) is 10.6 Å². The van der Waals surface area contributed by atoms with Gasteiger partial charge in [-0.3, -0.25) is 4.84 Å². The summed E-state index contributed by atoms with van der Waals surface area (Å²) >= 11 is 3.41. The highest BCUT2D eigenvalue weighted by molar-refractivity contribution is 9.10. The van der Waals surface area contributed by atoms with E-state index in [-0.39, 0.29) is 0 Å². The molecule has 0 bridgehead atoms. The second-order valence-corrected chi connectivity index (χ2v) is 3.59. The van der Waals surface area contributed by atoms with Crippen molar-refractivity contribution < 1.29 is 9.57 Å². The number of rotatable bonds is 3. The van der Waals surface area contributed by atoms with E-state index in [0.717, 1.165) is 21.3 Å². The van der Waals surface area contributed by atoms with Gasteiger partial charge in [-0.15, -0.1) is 0 Å². The summed E-state index contributed by atoms with van der Waals surface area (Å²) in [7, 11) is 1.65. The molecule has 0 unspecified atom stereocenters. The van der Waals surface area contributed by atoms with Crippen molar-refractivity contribution in [2.45, 2.75) is 13.5 Å². The van der Waals surface area contributed by atoms with Crippen LogP contribution in [0.5, 0.6) is 5.75 Å². The van der Waals surface area contributed by atoms with Crippen LogP contribution in [-0.4, -0.2) is 7.11 Å². The van der Waals surface area contributed by atoms with Crippen LogP contribution in [0, 0.1) is 6.92 Å². The fraction of sp³-hybridized carbons (Fsp3) is 0.333. The smallest absolute Gasteiger partial charge is 0.135 e. The Morgan fingerprint density at radius 2 is 2.15 bits per heavy atom. The van der Waals surface area contributed by atoms with Gasteiger partial charge in [-0.1, -0.05) is 0 Å². The maximum atomic E-state index is 5.19. The van der Waals surface area contributed by atoms with E-state index < -0.39 is 0 Å². The largest absolute Gasteiger partial charge is 0.495 e. The molecule has 0 radical (unpaired) electrons. The van der Waals surface area contributed by atoms with Gasteiger partial charge in [-0.2, -0.15) is 0 Å². The van der Waals surface area contributed by atoms with E-state index in [1.165, 1.54) is 0 Å². The lowest BCUT2D eigenvalue weighted by Crippen LogP contribution is -2.00. The van der Waals surface area contributed by atoms with Crippen LogP contribution < -0.4 is 10.6 Å². The fourth-order valence-electron chi connectivity index (χ4n) is 1.24. The van der Waals surface area contributed by atoms with Gasteiger partial charge in [0, 0.05) is 0 Å². The number of methoxy groups -OCH3 is 1. The van der Waals surface area contributed by atoms with E-state index in [9.17, 15) is 0 Å². The van der Waals surface area contributed by atoms with Crippen LogP contribution in [0.3, 0.4) is 0 Å². The Kier molecular flexibility index (Phi) is 3.71. The Morgan fingerprint density at radius 3 is 2.62 bits per heavy atom. The normalized spacial score (nSPS) is 10.2. The minimum atomic E-state index is 0.406. The highest BCUT2D eigenvalue weighted by atomic mass is 79.9. The number of aryl methyl sites for hydroxylation is 1. The molecule has 0 aliphatic carbocycles. The molecule has 0 spiro atoms. The van der Waals surface area contributed by atoms with Gasteiger partial charge in [-0.05, 0) is 46.1 Å². The zero-order valence-electron chi connectivity index (χ0n) is 7.63. The number of hydrogen-bond donors (Lipinski definition) is 1. The second-order valence-electron chi connectivity index (χ2n) is 2.74. The van der Waals surface area contributed by atoms with Gasteiger partial charge in [0.05, 0.1) is 18.2 Å². The monoisotopic (exact) mass is 245 g/mol. The minimum Gasteiger partial charge on any atom is -0.495 e. The zero-order chi connectivity index (χ0) is 9.84. The van der Waals surface area contributed by atoms with E-state index >= 15 is 0 Å². The third-order valence-corrected chi connectivity index (χ3v) is 2.33. The van der Waals surface area contributed by atoms with Crippen molar-refractivity contribution in [2.24, 2.45) is 5.90 Å². The Labute approximate surface area is 85.9 Å². The Morgan fingerprint density at radius 1 is 1.46 bits per heavy atom. The molecule has 2 N–H and O–H groups in total. The standard InChI is InChI=1S/C9H12BrNO2/c1-6-3-7(5-13-11)4-8(10)9(6)12-2/h3-4H,5,11H2,1-2H3. The lowest BCUT2D eigenvalue weighted by Gasteiger charge is -2.09. The zero-order valence-corrected chi connectivity index (χ0v) is 9.22. The average Bonchev–Trinajstić information content (AvgIpc) is 2.04. The molecule has 0 heterocycles. The Hall–Kier alpha value is -0.580. The summed E-state index contributed by atoms with van der Waals surface area (Å²) in [5.74, 6) is 5.83. The predicted molar refractivity (Wildman–Crippen MR) is 54.4 cm³/mol. The molecule has 3 nitrogen and oxygen atoms in total. The van der Waals surface area contributed by atoms with Crippen molar-refractivity contribution in [1.29, 1.82) is 0 Å². The first-order valence-electron chi connectivity index (χ1n) is 3.83. The van der Waals surface area contributed by atoms with Crippen LogP contribution in [0.15, 0.2) is 16.6 Å². The SMILES string of the molecule is COc1c(C)cc(CON)cc1Br. The maximum absolute atomic E-state index is 5.19. The third kappa shape index (κ3) is 2.43. The van der Waals surface area contributed by atoms with Gasteiger partial charge in [-0.25, -0.2) is 5.90 Å². The van der Waals surface area contributed by atoms with Gasteiger partial charge in [0.2, 0.25) is 0 Å². The Balaban J connectivity index is 3.05. The van der Waals surface area contributed by atoms with Crippen molar-refractivity contribution >= 4 is 15.9 Å². The quantitative estimate of drug-likeness (QED) is 0.831.